The fourth-order valence-corrected chi connectivity index (χ4v) is 4.26. The second kappa shape index (κ2) is 7.57. The number of carbonyl (C=O) groups excluding carboxylic acids is 1. The van der Waals surface area contributed by atoms with Crippen LogP contribution in [0, 0.1) is 5.92 Å². The molecule has 3 rings (SSSR count). The number of aromatic nitrogens is 2. The highest BCUT2D eigenvalue weighted by molar-refractivity contribution is 7.90. The van der Waals surface area contributed by atoms with Gasteiger partial charge in [-0.15, -0.1) is 5.10 Å². The second-order valence-corrected chi connectivity index (χ2v) is 8.86. The summed E-state index contributed by atoms with van der Waals surface area (Å²) in [5.41, 5.74) is 0.654. The summed E-state index contributed by atoms with van der Waals surface area (Å²) in [5, 5.41) is 7.28. The molecular formula is C18H23N3O4S. The first-order valence-corrected chi connectivity index (χ1v) is 10.4. The maximum absolute atomic E-state index is 12.5. The van der Waals surface area contributed by atoms with Gasteiger partial charge in [0, 0.05) is 13.0 Å². The Morgan fingerprint density at radius 3 is 2.69 bits per heavy atom. The molecule has 7 nitrogen and oxygen atoms in total. The topological polar surface area (TPSA) is 93.4 Å². The maximum atomic E-state index is 12.5. The first-order valence-electron chi connectivity index (χ1n) is 8.76. The van der Waals surface area contributed by atoms with Crippen molar-refractivity contribution < 1.29 is 17.6 Å². The smallest absolute Gasteiger partial charge is 0.335 e. The predicted molar refractivity (Wildman–Crippen MR) is 94.8 cm³/mol. The largest absolute Gasteiger partial charge is 0.410 e. The van der Waals surface area contributed by atoms with Gasteiger partial charge in [-0.3, -0.25) is 4.79 Å². The molecule has 8 heteroatoms. The van der Waals surface area contributed by atoms with Gasteiger partial charge in [0.15, 0.2) is 0 Å². The van der Waals surface area contributed by atoms with Crippen molar-refractivity contribution in [1.29, 1.82) is 0 Å². The Balaban J connectivity index is 1.77. The number of benzene rings is 1. The van der Waals surface area contributed by atoms with Crippen LogP contribution in [0.2, 0.25) is 0 Å². The molecule has 140 valence electrons. The minimum atomic E-state index is -3.72. The van der Waals surface area contributed by atoms with E-state index in [1.54, 1.807) is 29.2 Å². The van der Waals surface area contributed by atoms with Crippen molar-refractivity contribution in [3.05, 3.63) is 41.8 Å². The average Bonchev–Trinajstić information content (AvgIpc) is 3.24. The molecule has 2 heterocycles. The van der Waals surface area contributed by atoms with Crippen molar-refractivity contribution in [1.82, 2.24) is 15.1 Å². The molecule has 1 fully saturated rings. The molecule has 0 aliphatic carbocycles. The summed E-state index contributed by atoms with van der Waals surface area (Å²) in [6, 6.07) is 8.51. The third-order valence-electron chi connectivity index (χ3n) is 4.33. The lowest BCUT2D eigenvalue weighted by Crippen LogP contribution is -2.31. The fourth-order valence-electron chi connectivity index (χ4n) is 3.12. The van der Waals surface area contributed by atoms with Crippen LogP contribution in [0.3, 0.4) is 0 Å². The van der Waals surface area contributed by atoms with Crippen molar-refractivity contribution in [2.24, 2.45) is 5.92 Å². The standard InChI is InChI=1S/C18H23N3O4S/c1-13(2)11-16(22)21-10-6-9-15(21)17-19-20-18(25-17)26(23,24)12-14-7-4-3-5-8-14/h3-5,7-8,13,15H,6,9-12H2,1-2H3/t15-/m0/s1. The van der Waals surface area contributed by atoms with E-state index in [1.807, 2.05) is 19.9 Å². The van der Waals surface area contributed by atoms with Crippen LogP contribution in [0.25, 0.3) is 0 Å². The van der Waals surface area contributed by atoms with Crippen molar-refractivity contribution in [2.45, 2.75) is 50.1 Å². The lowest BCUT2D eigenvalue weighted by Gasteiger charge is -2.22. The summed E-state index contributed by atoms with van der Waals surface area (Å²) >= 11 is 0. The Labute approximate surface area is 153 Å². The summed E-state index contributed by atoms with van der Waals surface area (Å²) in [6.07, 6.45) is 1.98. The molecular weight excluding hydrogens is 354 g/mol. The first-order chi connectivity index (χ1) is 12.4. The van der Waals surface area contributed by atoms with Crippen molar-refractivity contribution in [2.75, 3.05) is 6.54 Å². The van der Waals surface area contributed by atoms with Crippen LogP contribution in [0.4, 0.5) is 0 Å². The number of rotatable bonds is 6. The van der Waals surface area contributed by atoms with E-state index in [9.17, 15) is 13.2 Å². The molecule has 2 aromatic rings. The molecule has 1 aliphatic rings. The number of amides is 1. The molecule has 1 amide bonds. The Morgan fingerprint density at radius 1 is 1.27 bits per heavy atom. The van der Waals surface area contributed by atoms with E-state index in [0.29, 0.717) is 24.9 Å². The zero-order chi connectivity index (χ0) is 18.7. The Hall–Kier alpha value is -2.22. The van der Waals surface area contributed by atoms with Crippen molar-refractivity contribution in [3.8, 4) is 0 Å². The Kier molecular flexibility index (Phi) is 5.41. The Bertz CT molecular complexity index is 862. The molecule has 1 aliphatic heterocycles. The van der Waals surface area contributed by atoms with Crippen molar-refractivity contribution >= 4 is 15.7 Å². The molecule has 1 atom stereocenters. The van der Waals surface area contributed by atoms with Crippen LogP contribution in [0.1, 0.15) is 50.6 Å². The third kappa shape index (κ3) is 4.12. The molecule has 1 aromatic carbocycles. The van der Waals surface area contributed by atoms with Crippen molar-refractivity contribution in [3.63, 3.8) is 0 Å². The molecule has 0 spiro atoms. The molecule has 1 aromatic heterocycles. The van der Waals surface area contributed by atoms with Gasteiger partial charge in [0.05, 0.1) is 5.75 Å². The predicted octanol–water partition coefficient (Wildman–Crippen LogP) is 2.75. The van der Waals surface area contributed by atoms with Crippen LogP contribution in [0.15, 0.2) is 40.0 Å². The molecule has 26 heavy (non-hydrogen) atoms. The van der Waals surface area contributed by atoms with Crippen LogP contribution >= 0.6 is 0 Å². The van der Waals surface area contributed by atoms with Crippen LogP contribution < -0.4 is 0 Å². The summed E-state index contributed by atoms with van der Waals surface area (Å²) in [4.78, 5) is 14.1. The SMILES string of the molecule is CC(C)CC(=O)N1CCC[C@H]1c1nnc(S(=O)(=O)Cc2ccccc2)o1. The zero-order valence-corrected chi connectivity index (χ0v) is 15.8. The van der Waals surface area contributed by atoms with Gasteiger partial charge in [-0.1, -0.05) is 49.3 Å². The first kappa shape index (κ1) is 18.6. The number of nitrogens with zero attached hydrogens (tertiary/aromatic N) is 3. The maximum Gasteiger partial charge on any atom is 0.335 e. The van der Waals surface area contributed by atoms with E-state index >= 15 is 0 Å². The van der Waals surface area contributed by atoms with Crippen LogP contribution in [0.5, 0.6) is 0 Å². The minimum absolute atomic E-state index is 0.0365. The normalized spacial score (nSPS) is 17.8. The van der Waals surface area contributed by atoms with Gasteiger partial charge in [-0.05, 0) is 24.3 Å². The van der Waals surface area contributed by atoms with E-state index in [4.69, 9.17) is 4.42 Å². The highest BCUT2D eigenvalue weighted by Crippen LogP contribution is 2.32. The minimum Gasteiger partial charge on any atom is -0.410 e. The lowest BCUT2D eigenvalue weighted by molar-refractivity contribution is -0.133. The number of hydrogen-bond donors (Lipinski definition) is 0. The molecule has 0 bridgehead atoms. The van der Waals surface area contributed by atoms with Crippen LogP contribution in [-0.2, 0) is 20.4 Å². The monoisotopic (exact) mass is 377 g/mol. The van der Waals surface area contributed by atoms with Gasteiger partial charge >= 0.3 is 5.22 Å². The van der Waals surface area contributed by atoms with E-state index in [0.717, 1.165) is 6.42 Å². The molecule has 0 radical (unpaired) electrons. The highest BCUT2D eigenvalue weighted by atomic mass is 32.2. The van der Waals surface area contributed by atoms with Gasteiger partial charge in [-0.25, -0.2) is 8.42 Å². The van der Waals surface area contributed by atoms with E-state index in [-0.39, 0.29) is 34.7 Å². The van der Waals surface area contributed by atoms with Crippen LogP contribution in [-0.4, -0.2) is 36.0 Å². The van der Waals surface area contributed by atoms with Gasteiger partial charge < -0.3 is 9.32 Å². The van der Waals surface area contributed by atoms with Gasteiger partial charge in [-0.2, -0.15) is 0 Å². The van der Waals surface area contributed by atoms with E-state index < -0.39 is 9.84 Å². The fraction of sp³-hybridized carbons (Fsp3) is 0.500. The number of likely N-dealkylation sites (tertiary alicyclic amines) is 1. The molecule has 0 N–H and O–H groups in total. The number of sulfone groups is 1. The summed E-state index contributed by atoms with van der Waals surface area (Å²) in [7, 11) is -3.72. The molecule has 1 saturated heterocycles. The summed E-state index contributed by atoms with van der Waals surface area (Å²) in [5.74, 6) is 0.296. The lowest BCUT2D eigenvalue weighted by atomic mass is 10.1. The van der Waals surface area contributed by atoms with Gasteiger partial charge in [0.25, 0.3) is 0 Å². The molecule has 0 unspecified atom stereocenters. The van der Waals surface area contributed by atoms with Gasteiger partial charge in [0.1, 0.15) is 6.04 Å². The third-order valence-corrected chi connectivity index (χ3v) is 5.74. The highest BCUT2D eigenvalue weighted by Gasteiger charge is 2.35. The van der Waals surface area contributed by atoms with E-state index in [1.165, 1.54) is 0 Å². The number of hydrogen-bond acceptors (Lipinski definition) is 6. The molecule has 0 saturated carbocycles. The Morgan fingerprint density at radius 2 is 2.00 bits per heavy atom. The quantitative estimate of drug-likeness (QED) is 0.768. The summed E-state index contributed by atoms with van der Waals surface area (Å²) in [6.45, 7) is 4.61. The zero-order valence-electron chi connectivity index (χ0n) is 15.0. The van der Waals surface area contributed by atoms with Gasteiger partial charge in [0.2, 0.25) is 21.6 Å². The summed E-state index contributed by atoms with van der Waals surface area (Å²) < 4.78 is 30.5. The average molecular weight is 377 g/mol. The number of carbonyl (C=O) groups is 1. The second-order valence-electron chi connectivity index (χ2n) is 6.99. The van der Waals surface area contributed by atoms with E-state index in [2.05, 4.69) is 10.2 Å².